The van der Waals surface area contributed by atoms with Gasteiger partial charge in [-0.3, -0.25) is 4.79 Å². The number of nitrogens with zero attached hydrogens (tertiary/aromatic N) is 2. The van der Waals surface area contributed by atoms with Crippen LogP contribution in [0.2, 0.25) is 0 Å². The number of aliphatic hydroxyl groups is 1. The quantitative estimate of drug-likeness (QED) is 0.825. The van der Waals surface area contributed by atoms with Crippen LogP contribution in [-0.2, 0) is 4.79 Å². The topological polar surface area (TPSA) is 81.1 Å². The van der Waals surface area contributed by atoms with E-state index in [1.165, 1.54) is 0 Å². The van der Waals surface area contributed by atoms with Crippen LogP contribution in [0.15, 0.2) is 0 Å². The van der Waals surface area contributed by atoms with Crippen molar-refractivity contribution in [2.75, 3.05) is 26.2 Å². The summed E-state index contributed by atoms with van der Waals surface area (Å²) in [6, 6.07) is 0.0501. The Morgan fingerprint density at radius 2 is 1.81 bits per heavy atom. The molecule has 2 heterocycles. The van der Waals surface area contributed by atoms with Crippen molar-refractivity contribution in [3.63, 3.8) is 0 Å². The number of aliphatic carboxylic acids is 1. The summed E-state index contributed by atoms with van der Waals surface area (Å²) >= 11 is 0. The molecule has 2 atom stereocenters. The highest BCUT2D eigenvalue weighted by Crippen LogP contribution is 2.27. The van der Waals surface area contributed by atoms with Gasteiger partial charge in [0.05, 0.1) is 6.10 Å². The molecule has 0 radical (unpaired) electrons. The van der Waals surface area contributed by atoms with Crippen LogP contribution in [0.25, 0.3) is 0 Å². The second-order valence-electron chi connectivity index (χ2n) is 6.42. The van der Waals surface area contributed by atoms with Crippen LogP contribution < -0.4 is 0 Å². The van der Waals surface area contributed by atoms with Crippen molar-refractivity contribution >= 4 is 12.0 Å². The van der Waals surface area contributed by atoms with E-state index in [0.29, 0.717) is 32.5 Å². The molecule has 2 unspecified atom stereocenters. The van der Waals surface area contributed by atoms with E-state index in [2.05, 4.69) is 0 Å². The van der Waals surface area contributed by atoms with E-state index in [9.17, 15) is 14.7 Å². The summed E-state index contributed by atoms with van der Waals surface area (Å²) < 4.78 is 0. The first-order valence-corrected chi connectivity index (χ1v) is 7.91. The Morgan fingerprint density at radius 1 is 1.14 bits per heavy atom. The highest BCUT2D eigenvalue weighted by Gasteiger charge is 2.31. The van der Waals surface area contributed by atoms with Crippen molar-refractivity contribution in [1.82, 2.24) is 9.80 Å². The number of carbonyl (C=O) groups is 2. The molecule has 120 valence electrons. The molecule has 6 nitrogen and oxygen atoms in total. The third-order valence-electron chi connectivity index (χ3n) is 4.76. The fraction of sp³-hybridized carbons (Fsp3) is 0.867. The van der Waals surface area contributed by atoms with Gasteiger partial charge in [-0.05, 0) is 37.5 Å². The zero-order valence-corrected chi connectivity index (χ0v) is 12.7. The Hall–Kier alpha value is -1.30. The number of urea groups is 1. The van der Waals surface area contributed by atoms with Crippen molar-refractivity contribution in [3.8, 4) is 0 Å². The monoisotopic (exact) mass is 298 g/mol. The summed E-state index contributed by atoms with van der Waals surface area (Å²) in [6.07, 6.45) is 3.13. The van der Waals surface area contributed by atoms with E-state index < -0.39 is 5.97 Å². The molecule has 2 rings (SSSR count). The second-order valence-corrected chi connectivity index (χ2v) is 6.42. The molecule has 0 bridgehead atoms. The van der Waals surface area contributed by atoms with Crippen LogP contribution in [0.5, 0.6) is 0 Å². The Morgan fingerprint density at radius 3 is 2.43 bits per heavy atom. The van der Waals surface area contributed by atoms with Crippen molar-refractivity contribution in [2.45, 2.75) is 45.1 Å². The molecule has 21 heavy (non-hydrogen) atoms. The summed E-state index contributed by atoms with van der Waals surface area (Å²) in [5, 5.41) is 18.4. The van der Waals surface area contributed by atoms with E-state index in [1.54, 1.807) is 0 Å². The Kier molecular flexibility index (Phi) is 5.45. The number of amides is 2. The number of piperidine rings is 2. The summed E-state index contributed by atoms with van der Waals surface area (Å²) in [5.41, 5.74) is 0. The molecular formula is C15H26N2O4. The fourth-order valence-electron chi connectivity index (χ4n) is 3.35. The first-order valence-electron chi connectivity index (χ1n) is 7.91. The number of aliphatic hydroxyl groups excluding tert-OH is 1. The van der Waals surface area contributed by atoms with Crippen molar-refractivity contribution in [3.05, 3.63) is 0 Å². The van der Waals surface area contributed by atoms with Gasteiger partial charge in [-0.25, -0.2) is 4.79 Å². The van der Waals surface area contributed by atoms with Crippen LogP contribution in [-0.4, -0.2) is 64.3 Å². The number of rotatable bonds is 3. The van der Waals surface area contributed by atoms with Gasteiger partial charge >= 0.3 is 12.0 Å². The lowest BCUT2D eigenvalue weighted by molar-refractivity contribution is -0.138. The van der Waals surface area contributed by atoms with Gasteiger partial charge in [0.2, 0.25) is 0 Å². The van der Waals surface area contributed by atoms with Gasteiger partial charge in [-0.15, -0.1) is 0 Å². The Labute approximate surface area is 125 Å². The van der Waals surface area contributed by atoms with Gasteiger partial charge in [-0.2, -0.15) is 0 Å². The lowest BCUT2D eigenvalue weighted by Crippen LogP contribution is -2.51. The minimum atomic E-state index is -0.768. The van der Waals surface area contributed by atoms with E-state index in [4.69, 9.17) is 5.11 Å². The summed E-state index contributed by atoms with van der Waals surface area (Å²) in [5.74, 6) is -0.397. The smallest absolute Gasteiger partial charge is 0.320 e. The van der Waals surface area contributed by atoms with Crippen LogP contribution in [0.1, 0.15) is 39.0 Å². The van der Waals surface area contributed by atoms with Crippen LogP contribution in [0, 0.1) is 11.8 Å². The summed E-state index contributed by atoms with van der Waals surface area (Å²) in [6.45, 7) is 4.61. The standard InChI is InChI=1S/C15H26N2O4/c1-11(9-14(19)20)12-3-2-6-17(10-12)15(21)16-7-4-13(18)5-8-16/h11-13,18H,2-10H2,1H3,(H,19,20). The molecule has 0 saturated carbocycles. The molecule has 0 aliphatic carbocycles. The molecular weight excluding hydrogens is 272 g/mol. The zero-order chi connectivity index (χ0) is 15.4. The predicted molar refractivity (Wildman–Crippen MR) is 77.9 cm³/mol. The molecule has 2 N–H and O–H groups in total. The maximum atomic E-state index is 12.5. The molecule has 0 spiro atoms. The van der Waals surface area contributed by atoms with Gasteiger partial charge in [0.15, 0.2) is 0 Å². The molecule has 2 saturated heterocycles. The van der Waals surface area contributed by atoms with Crippen molar-refractivity contribution < 1.29 is 19.8 Å². The Bertz CT molecular complexity index is 380. The first-order chi connectivity index (χ1) is 9.97. The van der Waals surface area contributed by atoms with Gasteiger partial charge in [0, 0.05) is 32.6 Å². The molecule has 0 aromatic carbocycles. The SMILES string of the molecule is CC(CC(=O)O)C1CCCN(C(=O)N2CCC(O)CC2)C1. The van der Waals surface area contributed by atoms with Crippen LogP contribution >= 0.6 is 0 Å². The first kappa shape index (κ1) is 16.1. The minimum absolute atomic E-state index is 0.0501. The number of carboxylic acid groups (broad SMARTS) is 1. The number of carbonyl (C=O) groups excluding carboxylic acids is 1. The van der Waals surface area contributed by atoms with Gasteiger partial charge in [-0.1, -0.05) is 6.92 Å². The minimum Gasteiger partial charge on any atom is -0.481 e. The maximum absolute atomic E-state index is 12.5. The largest absolute Gasteiger partial charge is 0.481 e. The van der Waals surface area contributed by atoms with Crippen molar-refractivity contribution in [1.29, 1.82) is 0 Å². The average Bonchev–Trinajstić information content (AvgIpc) is 2.47. The normalized spacial score (nSPS) is 25.7. The van der Waals surface area contributed by atoms with E-state index in [-0.39, 0.29) is 30.4 Å². The molecule has 2 aliphatic heterocycles. The van der Waals surface area contributed by atoms with E-state index in [1.807, 2.05) is 16.7 Å². The van der Waals surface area contributed by atoms with Gasteiger partial charge in [0.1, 0.15) is 0 Å². The zero-order valence-electron chi connectivity index (χ0n) is 12.7. The summed E-state index contributed by atoms with van der Waals surface area (Å²) in [7, 11) is 0. The van der Waals surface area contributed by atoms with Crippen molar-refractivity contribution in [2.24, 2.45) is 11.8 Å². The highest BCUT2D eigenvalue weighted by molar-refractivity contribution is 5.74. The van der Waals surface area contributed by atoms with Crippen LogP contribution in [0.3, 0.4) is 0 Å². The third-order valence-corrected chi connectivity index (χ3v) is 4.76. The Balaban J connectivity index is 1.88. The molecule has 6 heteroatoms. The molecule has 2 fully saturated rings. The second kappa shape index (κ2) is 7.11. The molecule has 2 amide bonds. The predicted octanol–water partition coefficient (Wildman–Crippen LogP) is 1.39. The van der Waals surface area contributed by atoms with Gasteiger partial charge < -0.3 is 20.0 Å². The number of hydrogen-bond acceptors (Lipinski definition) is 3. The fourth-order valence-corrected chi connectivity index (χ4v) is 3.35. The lowest BCUT2D eigenvalue weighted by atomic mass is 9.85. The average molecular weight is 298 g/mol. The lowest BCUT2D eigenvalue weighted by Gasteiger charge is -2.39. The number of hydrogen-bond donors (Lipinski definition) is 2. The number of likely N-dealkylation sites (tertiary alicyclic amines) is 2. The number of carboxylic acids is 1. The van der Waals surface area contributed by atoms with E-state index in [0.717, 1.165) is 19.4 Å². The third kappa shape index (κ3) is 4.33. The molecule has 2 aliphatic rings. The molecule has 0 aromatic rings. The summed E-state index contributed by atoms with van der Waals surface area (Å²) in [4.78, 5) is 27.0. The van der Waals surface area contributed by atoms with E-state index >= 15 is 0 Å². The van der Waals surface area contributed by atoms with Crippen LogP contribution in [0.4, 0.5) is 4.79 Å². The van der Waals surface area contributed by atoms with Gasteiger partial charge in [0.25, 0.3) is 0 Å². The molecule has 0 aromatic heterocycles. The maximum Gasteiger partial charge on any atom is 0.320 e. The highest BCUT2D eigenvalue weighted by atomic mass is 16.4.